The zero-order valence-electron chi connectivity index (χ0n) is 11.7. The van der Waals surface area contributed by atoms with Gasteiger partial charge in [-0.2, -0.15) is 0 Å². The van der Waals surface area contributed by atoms with Crippen molar-refractivity contribution in [2.24, 2.45) is 5.92 Å². The molecule has 2 unspecified atom stereocenters. The Morgan fingerprint density at radius 3 is 2.75 bits per heavy atom. The third-order valence-electron chi connectivity index (χ3n) is 3.69. The van der Waals surface area contributed by atoms with Gasteiger partial charge in [0.2, 0.25) is 5.91 Å². The molecule has 1 aliphatic heterocycles. The third kappa shape index (κ3) is 5.10. The van der Waals surface area contributed by atoms with Gasteiger partial charge in [-0.1, -0.05) is 19.1 Å². The summed E-state index contributed by atoms with van der Waals surface area (Å²) in [7, 11) is 0. The number of amides is 1. The lowest BCUT2D eigenvalue weighted by Crippen LogP contribution is -2.48. The van der Waals surface area contributed by atoms with Crippen LogP contribution in [0, 0.1) is 11.7 Å². The van der Waals surface area contributed by atoms with Crippen LogP contribution in [-0.2, 0) is 11.2 Å². The van der Waals surface area contributed by atoms with Gasteiger partial charge < -0.3 is 10.6 Å². The van der Waals surface area contributed by atoms with Crippen molar-refractivity contribution >= 4 is 18.3 Å². The minimum Gasteiger partial charge on any atom is -0.353 e. The van der Waals surface area contributed by atoms with E-state index in [0.29, 0.717) is 18.8 Å². The van der Waals surface area contributed by atoms with E-state index < -0.39 is 0 Å². The summed E-state index contributed by atoms with van der Waals surface area (Å²) >= 11 is 0. The van der Waals surface area contributed by atoms with Crippen molar-refractivity contribution in [3.8, 4) is 0 Å². The van der Waals surface area contributed by atoms with Crippen LogP contribution in [-0.4, -0.2) is 25.0 Å². The highest BCUT2D eigenvalue weighted by Gasteiger charge is 2.22. The molecule has 2 rings (SSSR count). The van der Waals surface area contributed by atoms with Gasteiger partial charge in [0.1, 0.15) is 5.82 Å². The number of aryl methyl sites for hydroxylation is 1. The number of hydrogen-bond acceptors (Lipinski definition) is 2. The number of benzene rings is 1. The highest BCUT2D eigenvalue weighted by Crippen LogP contribution is 2.11. The highest BCUT2D eigenvalue weighted by molar-refractivity contribution is 5.85. The Morgan fingerprint density at radius 1 is 1.40 bits per heavy atom. The number of piperidine rings is 1. The Labute approximate surface area is 125 Å². The van der Waals surface area contributed by atoms with Gasteiger partial charge >= 0.3 is 0 Å². The summed E-state index contributed by atoms with van der Waals surface area (Å²) in [6.45, 7) is 4.08. The van der Waals surface area contributed by atoms with Gasteiger partial charge in [-0.25, -0.2) is 4.39 Å². The van der Waals surface area contributed by atoms with Crippen LogP contribution in [0.1, 0.15) is 25.3 Å². The molecular formula is C15H22ClFN2O. The average molecular weight is 301 g/mol. The Bertz CT molecular complexity index is 424. The normalized spacial score (nSPS) is 21.9. The fourth-order valence-corrected chi connectivity index (χ4v) is 2.42. The van der Waals surface area contributed by atoms with Crippen LogP contribution in [0.25, 0.3) is 0 Å². The first-order valence-electron chi connectivity index (χ1n) is 6.89. The van der Waals surface area contributed by atoms with E-state index in [0.717, 1.165) is 25.1 Å². The van der Waals surface area contributed by atoms with E-state index in [-0.39, 0.29) is 30.2 Å². The van der Waals surface area contributed by atoms with Crippen molar-refractivity contribution in [3.05, 3.63) is 35.6 Å². The van der Waals surface area contributed by atoms with Gasteiger partial charge in [0.25, 0.3) is 0 Å². The Hall–Kier alpha value is -1.13. The lowest BCUT2D eigenvalue weighted by atomic mass is 9.95. The largest absolute Gasteiger partial charge is 0.353 e. The quantitative estimate of drug-likeness (QED) is 0.896. The number of nitrogens with one attached hydrogen (secondary N) is 2. The number of carbonyl (C=O) groups excluding carboxylic acids is 1. The van der Waals surface area contributed by atoms with Crippen LogP contribution >= 0.6 is 12.4 Å². The lowest BCUT2D eigenvalue weighted by Gasteiger charge is -2.30. The van der Waals surface area contributed by atoms with Crippen LogP contribution in [0.3, 0.4) is 0 Å². The molecule has 2 atom stereocenters. The van der Waals surface area contributed by atoms with E-state index in [9.17, 15) is 9.18 Å². The molecule has 0 radical (unpaired) electrons. The summed E-state index contributed by atoms with van der Waals surface area (Å²) in [5, 5.41) is 6.41. The highest BCUT2D eigenvalue weighted by atomic mass is 35.5. The van der Waals surface area contributed by atoms with Crippen LogP contribution in [0.2, 0.25) is 0 Å². The van der Waals surface area contributed by atoms with Crippen LogP contribution in [0.15, 0.2) is 24.3 Å². The van der Waals surface area contributed by atoms with Crippen molar-refractivity contribution in [1.82, 2.24) is 10.6 Å². The standard InChI is InChI=1S/C15H21FN2O.ClH/c1-11-10-17-9-8-14(11)18-15(19)7-4-12-2-5-13(16)6-3-12;/h2-3,5-6,11,14,17H,4,7-10H2,1H3,(H,18,19);1H. The maximum Gasteiger partial charge on any atom is 0.220 e. The predicted octanol–water partition coefficient (Wildman–Crippen LogP) is 2.29. The molecule has 1 aromatic carbocycles. The molecule has 1 saturated heterocycles. The van der Waals surface area contributed by atoms with Crippen LogP contribution < -0.4 is 10.6 Å². The first-order valence-corrected chi connectivity index (χ1v) is 6.89. The fourth-order valence-electron chi connectivity index (χ4n) is 2.42. The molecule has 20 heavy (non-hydrogen) atoms. The zero-order valence-corrected chi connectivity index (χ0v) is 12.5. The van der Waals surface area contributed by atoms with Gasteiger partial charge in [0, 0.05) is 12.5 Å². The van der Waals surface area contributed by atoms with Gasteiger partial charge in [0.15, 0.2) is 0 Å². The van der Waals surface area contributed by atoms with Gasteiger partial charge in [0.05, 0.1) is 0 Å². The maximum atomic E-state index is 12.8. The predicted molar refractivity (Wildman–Crippen MR) is 80.6 cm³/mol. The Balaban J connectivity index is 0.00000200. The van der Waals surface area contributed by atoms with Crippen LogP contribution in [0.4, 0.5) is 4.39 Å². The second kappa shape index (κ2) is 8.22. The molecule has 1 aliphatic rings. The summed E-state index contributed by atoms with van der Waals surface area (Å²) in [6.07, 6.45) is 2.11. The molecule has 0 spiro atoms. The van der Waals surface area contributed by atoms with Gasteiger partial charge in [-0.05, 0) is 49.5 Å². The van der Waals surface area contributed by atoms with E-state index in [1.54, 1.807) is 12.1 Å². The monoisotopic (exact) mass is 300 g/mol. The molecule has 1 heterocycles. The Morgan fingerprint density at radius 2 is 2.10 bits per heavy atom. The van der Waals surface area contributed by atoms with E-state index in [4.69, 9.17) is 0 Å². The van der Waals surface area contributed by atoms with E-state index in [2.05, 4.69) is 17.6 Å². The van der Waals surface area contributed by atoms with E-state index >= 15 is 0 Å². The molecule has 1 fully saturated rings. The topological polar surface area (TPSA) is 41.1 Å². The summed E-state index contributed by atoms with van der Waals surface area (Å²) < 4.78 is 12.8. The van der Waals surface area contributed by atoms with Gasteiger partial charge in [-0.15, -0.1) is 12.4 Å². The number of rotatable bonds is 4. The SMILES string of the molecule is CC1CNCCC1NC(=O)CCc1ccc(F)cc1.Cl. The van der Waals surface area contributed by atoms with Crippen molar-refractivity contribution in [3.63, 3.8) is 0 Å². The number of hydrogen-bond donors (Lipinski definition) is 2. The minimum atomic E-state index is -0.239. The smallest absolute Gasteiger partial charge is 0.220 e. The zero-order chi connectivity index (χ0) is 13.7. The van der Waals surface area contributed by atoms with Crippen molar-refractivity contribution in [2.45, 2.75) is 32.2 Å². The molecule has 0 saturated carbocycles. The third-order valence-corrected chi connectivity index (χ3v) is 3.69. The lowest BCUT2D eigenvalue weighted by molar-refractivity contribution is -0.122. The summed E-state index contributed by atoms with van der Waals surface area (Å²) in [4.78, 5) is 11.9. The first-order chi connectivity index (χ1) is 9.15. The molecule has 3 nitrogen and oxygen atoms in total. The molecule has 2 N–H and O–H groups in total. The molecule has 112 valence electrons. The van der Waals surface area contributed by atoms with Crippen LogP contribution in [0.5, 0.6) is 0 Å². The minimum absolute atomic E-state index is 0. The molecular weight excluding hydrogens is 279 g/mol. The molecule has 0 aromatic heterocycles. The van der Waals surface area contributed by atoms with Crippen molar-refractivity contribution in [1.29, 1.82) is 0 Å². The Kier molecular flexibility index (Phi) is 6.96. The summed E-state index contributed by atoms with van der Waals surface area (Å²) in [6, 6.07) is 6.61. The molecule has 0 aliphatic carbocycles. The first kappa shape index (κ1) is 16.9. The van der Waals surface area contributed by atoms with Gasteiger partial charge in [-0.3, -0.25) is 4.79 Å². The number of carbonyl (C=O) groups is 1. The molecule has 1 amide bonds. The second-order valence-corrected chi connectivity index (χ2v) is 5.27. The number of halogens is 2. The molecule has 1 aromatic rings. The molecule has 5 heteroatoms. The van der Waals surface area contributed by atoms with E-state index in [1.165, 1.54) is 12.1 Å². The second-order valence-electron chi connectivity index (χ2n) is 5.27. The van der Waals surface area contributed by atoms with E-state index in [1.807, 2.05) is 0 Å². The summed E-state index contributed by atoms with van der Waals surface area (Å²) in [5.74, 6) is 0.323. The van der Waals surface area contributed by atoms with Crippen molar-refractivity contribution < 1.29 is 9.18 Å². The molecule has 0 bridgehead atoms. The maximum absolute atomic E-state index is 12.8. The fraction of sp³-hybridized carbons (Fsp3) is 0.533. The van der Waals surface area contributed by atoms with Crippen molar-refractivity contribution in [2.75, 3.05) is 13.1 Å². The summed E-state index contributed by atoms with van der Waals surface area (Å²) in [5.41, 5.74) is 0.995. The average Bonchev–Trinajstić information content (AvgIpc) is 2.41.